The number of para-hydroxylation sites is 1. The van der Waals surface area contributed by atoms with Crippen LogP contribution < -0.4 is 5.32 Å². The van der Waals surface area contributed by atoms with Gasteiger partial charge in [0.25, 0.3) is 5.91 Å². The maximum Gasteiger partial charge on any atom is 0.251 e. The SMILES string of the molecule is CC(CNC(=O)c1ccccc1)Cc1c[nH]c2ccccc12. The quantitative estimate of drug-likeness (QED) is 0.738. The third-order valence-electron chi connectivity index (χ3n) is 3.89. The Morgan fingerprint density at radius 3 is 2.64 bits per heavy atom. The van der Waals surface area contributed by atoms with Crippen molar-refractivity contribution >= 4 is 16.8 Å². The molecule has 3 aromatic rings. The van der Waals surface area contributed by atoms with E-state index in [4.69, 9.17) is 0 Å². The van der Waals surface area contributed by atoms with Gasteiger partial charge in [-0.2, -0.15) is 0 Å². The van der Waals surface area contributed by atoms with Gasteiger partial charge in [0.05, 0.1) is 0 Å². The first-order valence-electron chi connectivity index (χ1n) is 7.62. The summed E-state index contributed by atoms with van der Waals surface area (Å²) in [5, 5.41) is 4.28. The van der Waals surface area contributed by atoms with Crippen molar-refractivity contribution in [1.82, 2.24) is 10.3 Å². The van der Waals surface area contributed by atoms with Gasteiger partial charge in [-0.25, -0.2) is 0 Å². The highest BCUT2D eigenvalue weighted by atomic mass is 16.1. The van der Waals surface area contributed by atoms with Crippen LogP contribution >= 0.6 is 0 Å². The molecule has 0 radical (unpaired) electrons. The van der Waals surface area contributed by atoms with Gasteiger partial charge in [-0.1, -0.05) is 43.3 Å². The molecule has 1 unspecified atom stereocenters. The van der Waals surface area contributed by atoms with Crippen molar-refractivity contribution in [2.45, 2.75) is 13.3 Å². The van der Waals surface area contributed by atoms with E-state index in [1.807, 2.05) is 36.4 Å². The number of benzene rings is 2. The molecule has 0 aliphatic heterocycles. The second kappa shape index (κ2) is 6.48. The predicted octanol–water partition coefficient (Wildman–Crippen LogP) is 3.78. The number of carbonyl (C=O) groups is 1. The summed E-state index contributed by atoms with van der Waals surface area (Å²) in [6.45, 7) is 2.83. The summed E-state index contributed by atoms with van der Waals surface area (Å²) in [5.74, 6) is 0.373. The summed E-state index contributed by atoms with van der Waals surface area (Å²) in [6, 6.07) is 17.6. The maximum absolute atomic E-state index is 12.0. The third kappa shape index (κ3) is 3.19. The van der Waals surface area contributed by atoms with Crippen LogP contribution in [-0.4, -0.2) is 17.4 Å². The molecule has 1 atom stereocenters. The van der Waals surface area contributed by atoms with Gasteiger partial charge in [0.2, 0.25) is 0 Å². The van der Waals surface area contributed by atoms with Crippen LogP contribution in [0.15, 0.2) is 60.8 Å². The number of hydrogen-bond donors (Lipinski definition) is 2. The lowest BCUT2D eigenvalue weighted by Gasteiger charge is -2.12. The molecule has 3 rings (SSSR count). The minimum absolute atomic E-state index is 0.00798. The Morgan fingerprint density at radius 2 is 1.82 bits per heavy atom. The van der Waals surface area contributed by atoms with Gasteiger partial charge in [0, 0.05) is 29.2 Å². The van der Waals surface area contributed by atoms with Crippen molar-refractivity contribution in [1.29, 1.82) is 0 Å². The van der Waals surface area contributed by atoms with Crippen LogP contribution in [0.2, 0.25) is 0 Å². The van der Waals surface area contributed by atoms with E-state index >= 15 is 0 Å². The molecule has 1 heterocycles. The molecule has 112 valence electrons. The number of aromatic amines is 1. The molecule has 0 fully saturated rings. The molecule has 0 saturated carbocycles. The van der Waals surface area contributed by atoms with Gasteiger partial charge in [-0.3, -0.25) is 4.79 Å². The fourth-order valence-corrected chi connectivity index (χ4v) is 2.71. The maximum atomic E-state index is 12.0. The van der Waals surface area contributed by atoms with Crippen molar-refractivity contribution in [2.75, 3.05) is 6.54 Å². The number of hydrogen-bond acceptors (Lipinski definition) is 1. The van der Waals surface area contributed by atoms with E-state index < -0.39 is 0 Å². The van der Waals surface area contributed by atoms with E-state index in [9.17, 15) is 4.79 Å². The molecule has 0 saturated heterocycles. The van der Waals surface area contributed by atoms with Gasteiger partial charge in [0.1, 0.15) is 0 Å². The van der Waals surface area contributed by atoms with Crippen molar-refractivity contribution < 1.29 is 4.79 Å². The highest BCUT2D eigenvalue weighted by Crippen LogP contribution is 2.20. The molecule has 22 heavy (non-hydrogen) atoms. The first-order chi connectivity index (χ1) is 10.7. The second-order valence-electron chi connectivity index (χ2n) is 5.74. The lowest BCUT2D eigenvalue weighted by molar-refractivity contribution is 0.0948. The van der Waals surface area contributed by atoms with Crippen LogP contribution in [0.5, 0.6) is 0 Å². The van der Waals surface area contributed by atoms with Gasteiger partial charge >= 0.3 is 0 Å². The predicted molar refractivity (Wildman–Crippen MR) is 89.9 cm³/mol. The lowest BCUT2D eigenvalue weighted by atomic mass is 10.0. The summed E-state index contributed by atoms with van der Waals surface area (Å²) in [5.41, 5.74) is 3.18. The van der Waals surface area contributed by atoms with E-state index in [1.165, 1.54) is 10.9 Å². The molecular weight excluding hydrogens is 272 g/mol. The van der Waals surface area contributed by atoms with Crippen molar-refractivity contribution in [2.24, 2.45) is 5.92 Å². The van der Waals surface area contributed by atoms with Crippen molar-refractivity contribution in [3.05, 3.63) is 71.9 Å². The van der Waals surface area contributed by atoms with Crippen LogP contribution in [0.1, 0.15) is 22.8 Å². The molecule has 3 nitrogen and oxygen atoms in total. The molecule has 3 heteroatoms. The van der Waals surface area contributed by atoms with Crippen LogP contribution in [0, 0.1) is 5.92 Å². The average molecular weight is 292 g/mol. The fourth-order valence-electron chi connectivity index (χ4n) is 2.71. The van der Waals surface area contributed by atoms with E-state index in [1.54, 1.807) is 0 Å². The Labute approximate surface area is 130 Å². The minimum Gasteiger partial charge on any atom is -0.361 e. The van der Waals surface area contributed by atoms with Gasteiger partial charge in [-0.05, 0) is 36.1 Å². The number of aromatic nitrogens is 1. The first-order valence-corrected chi connectivity index (χ1v) is 7.62. The highest BCUT2D eigenvalue weighted by molar-refractivity contribution is 5.94. The Hall–Kier alpha value is -2.55. The number of rotatable bonds is 5. The molecule has 0 aliphatic rings. The van der Waals surface area contributed by atoms with Crippen molar-refractivity contribution in [3.63, 3.8) is 0 Å². The number of amides is 1. The zero-order valence-corrected chi connectivity index (χ0v) is 12.7. The minimum atomic E-state index is -0.00798. The molecule has 0 spiro atoms. The zero-order chi connectivity index (χ0) is 15.4. The second-order valence-corrected chi connectivity index (χ2v) is 5.74. The Balaban J connectivity index is 1.59. The van der Waals surface area contributed by atoms with E-state index in [-0.39, 0.29) is 5.91 Å². The number of nitrogens with one attached hydrogen (secondary N) is 2. The Morgan fingerprint density at radius 1 is 1.09 bits per heavy atom. The van der Waals surface area contributed by atoms with E-state index in [0.717, 1.165) is 11.9 Å². The Kier molecular flexibility index (Phi) is 4.24. The zero-order valence-electron chi connectivity index (χ0n) is 12.7. The van der Waals surface area contributed by atoms with Gasteiger partial charge in [-0.15, -0.1) is 0 Å². The molecular formula is C19H20N2O. The highest BCUT2D eigenvalue weighted by Gasteiger charge is 2.10. The third-order valence-corrected chi connectivity index (χ3v) is 3.89. The molecule has 1 amide bonds. The summed E-state index contributed by atoms with van der Waals surface area (Å²) >= 11 is 0. The number of carbonyl (C=O) groups excluding carboxylic acids is 1. The number of fused-ring (bicyclic) bond motifs is 1. The van der Waals surface area contributed by atoms with E-state index in [0.29, 0.717) is 18.0 Å². The lowest BCUT2D eigenvalue weighted by Crippen LogP contribution is -2.28. The summed E-state index contributed by atoms with van der Waals surface area (Å²) < 4.78 is 0. The van der Waals surface area contributed by atoms with E-state index in [2.05, 4.69) is 41.6 Å². The summed E-state index contributed by atoms with van der Waals surface area (Å²) in [4.78, 5) is 15.3. The summed E-state index contributed by atoms with van der Waals surface area (Å²) in [7, 11) is 0. The number of H-pyrrole nitrogens is 1. The molecule has 2 N–H and O–H groups in total. The fraction of sp³-hybridized carbons (Fsp3) is 0.211. The standard InChI is InChI=1S/C19H20N2O/c1-14(12-21-19(22)15-7-3-2-4-8-15)11-16-13-20-18-10-6-5-9-17(16)18/h2-10,13-14,20H,11-12H2,1H3,(H,21,22). The van der Waals surface area contributed by atoms with Gasteiger partial charge in [0.15, 0.2) is 0 Å². The molecule has 0 bridgehead atoms. The van der Waals surface area contributed by atoms with Crippen LogP contribution in [0.4, 0.5) is 0 Å². The molecule has 1 aromatic heterocycles. The average Bonchev–Trinajstić information content (AvgIpc) is 2.97. The molecule has 0 aliphatic carbocycles. The molecule has 2 aromatic carbocycles. The summed E-state index contributed by atoms with van der Waals surface area (Å²) in [6.07, 6.45) is 3.01. The van der Waals surface area contributed by atoms with Gasteiger partial charge < -0.3 is 10.3 Å². The largest absolute Gasteiger partial charge is 0.361 e. The van der Waals surface area contributed by atoms with Crippen molar-refractivity contribution in [3.8, 4) is 0 Å². The van der Waals surface area contributed by atoms with Crippen LogP contribution in [-0.2, 0) is 6.42 Å². The Bertz CT molecular complexity index is 761. The normalized spacial score (nSPS) is 12.2. The smallest absolute Gasteiger partial charge is 0.251 e. The first kappa shape index (κ1) is 14.4. The van der Waals surface area contributed by atoms with Crippen LogP contribution in [0.25, 0.3) is 10.9 Å². The monoisotopic (exact) mass is 292 g/mol. The van der Waals surface area contributed by atoms with Crippen LogP contribution in [0.3, 0.4) is 0 Å². The topological polar surface area (TPSA) is 44.9 Å².